The Morgan fingerprint density at radius 3 is 2.87 bits per heavy atom. The van der Waals surface area contributed by atoms with Crippen molar-refractivity contribution in [2.75, 3.05) is 11.6 Å². The Morgan fingerprint density at radius 2 is 2.27 bits per heavy atom. The normalized spacial score (nSPS) is 15.8. The maximum Gasteiger partial charge on any atom is 0.242 e. The summed E-state index contributed by atoms with van der Waals surface area (Å²) in [7, 11) is 0. The molecule has 1 aliphatic heterocycles. The number of Topliss-reactive ketones (excluding diaryl/α,β-unsaturated/α-hetero) is 1. The molecule has 4 nitrogen and oxygen atoms in total. The number of hydrogen-bond donors (Lipinski definition) is 1. The molecule has 78 valence electrons. The van der Waals surface area contributed by atoms with E-state index >= 15 is 0 Å². The van der Waals surface area contributed by atoms with Crippen molar-refractivity contribution in [3.05, 3.63) is 29.8 Å². The van der Waals surface area contributed by atoms with Crippen LogP contribution in [-0.4, -0.2) is 18.2 Å². The van der Waals surface area contributed by atoms with Crippen LogP contribution in [0.15, 0.2) is 24.3 Å². The first-order chi connectivity index (χ1) is 7.18. The number of carbonyl (C=O) groups is 2. The Kier molecular flexibility index (Phi) is 2.51. The number of rotatable bonds is 2. The molecule has 0 radical (unpaired) electrons. The van der Waals surface area contributed by atoms with Gasteiger partial charge in [0.2, 0.25) is 5.91 Å². The smallest absolute Gasteiger partial charge is 0.242 e. The van der Waals surface area contributed by atoms with Gasteiger partial charge in [-0.25, -0.2) is 10.4 Å². The Bertz CT molecular complexity index is 415. The zero-order valence-electron chi connectivity index (χ0n) is 8.49. The van der Waals surface area contributed by atoms with E-state index in [4.69, 9.17) is 0 Å². The van der Waals surface area contributed by atoms with E-state index in [1.165, 1.54) is 11.9 Å². The highest BCUT2D eigenvalue weighted by Crippen LogP contribution is 2.18. The van der Waals surface area contributed by atoms with Gasteiger partial charge in [0.15, 0.2) is 5.78 Å². The van der Waals surface area contributed by atoms with Crippen LogP contribution in [0.2, 0.25) is 0 Å². The van der Waals surface area contributed by atoms with Gasteiger partial charge in [-0.05, 0) is 19.1 Å². The van der Waals surface area contributed by atoms with Crippen LogP contribution < -0.4 is 10.4 Å². The highest BCUT2D eigenvalue weighted by atomic mass is 16.2. The highest BCUT2D eigenvalue weighted by Gasteiger charge is 2.21. The molecule has 1 aromatic rings. The van der Waals surface area contributed by atoms with Gasteiger partial charge in [0.25, 0.3) is 0 Å². The van der Waals surface area contributed by atoms with Crippen LogP contribution in [-0.2, 0) is 4.79 Å². The van der Waals surface area contributed by atoms with E-state index in [0.29, 0.717) is 18.5 Å². The molecule has 1 amide bonds. The first-order valence-corrected chi connectivity index (χ1v) is 4.86. The van der Waals surface area contributed by atoms with E-state index in [-0.39, 0.29) is 11.7 Å². The molecule has 0 aliphatic carbocycles. The van der Waals surface area contributed by atoms with Crippen LogP contribution in [0.5, 0.6) is 0 Å². The summed E-state index contributed by atoms with van der Waals surface area (Å²) in [6.45, 7) is 2.17. The molecule has 1 aliphatic rings. The molecule has 0 unspecified atom stereocenters. The summed E-state index contributed by atoms with van der Waals surface area (Å²) < 4.78 is 0. The van der Waals surface area contributed by atoms with Crippen molar-refractivity contribution < 1.29 is 9.59 Å². The van der Waals surface area contributed by atoms with E-state index in [2.05, 4.69) is 5.43 Å². The Labute approximate surface area is 87.9 Å². The summed E-state index contributed by atoms with van der Waals surface area (Å²) in [5.41, 5.74) is 4.31. The van der Waals surface area contributed by atoms with E-state index in [0.717, 1.165) is 5.69 Å². The summed E-state index contributed by atoms with van der Waals surface area (Å²) in [6.07, 6.45) is 0.504. The minimum Gasteiger partial charge on any atom is -0.295 e. The maximum absolute atomic E-state index is 11.4. The van der Waals surface area contributed by atoms with Crippen LogP contribution >= 0.6 is 0 Å². The summed E-state index contributed by atoms with van der Waals surface area (Å²) in [4.78, 5) is 22.6. The zero-order chi connectivity index (χ0) is 10.8. The van der Waals surface area contributed by atoms with Crippen LogP contribution in [0.25, 0.3) is 0 Å². The fourth-order valence-corrected chi connectivity index (χ4v) is 1.57. The Balaban J connectivity index is 2.32. The number of anilines is 1. The summed E-state index contributed by atoms with van der Waals surface area (Å²) in [5.74, 6) is 0.0409. The van der Waals surface area contributed by atoms with Crippen molar-refractivity contribution in [3.63, 3.8) is 0 Å². The minimum atomic E-state index is 0.00324. The SMILES string of the molecule is CC(=O)c1cccc(N2NCCC2=O)c1. The summed E-state index contributed by atoms with van der Waals surface area (Å²) >= 11 is 0. The number of carbonyl (C=O) groups excluding carboxylic acids is 2. The first kappa shape index (κ1) is 9.86. The van der Waals surface area contributed by atoms with Gasteiger partial charge < -0.3 is 0 Å². The number of nitrogens with one attached hydrogen (secondary N) is 1. The molecule has 0 atom stereocenters. The largest absolute Gasteiger partial charge is 0.295 e. The van der Waals surface area contributed by atoms with E-state index in [1.807, 2.05) is 6.07 Å². The van der Waals surface area contributed by atoms with Gasteiger partial charge in [-0.2, -0.15) is 0 Å². The predicted octanol–water partition coefficient (Wildman–Crippen LogP) is 1.13. The molecule has 1 N–H and O–H groups in total. The molecule has 0 aromatic heterocycles. The number of hydrogen-bond acceptors (Lipinski definition) is 3. The second-order valence-corrected chi connectivity index (χ2v) is 3.49. The molecule has 4 heteroatoms. The Morgan fingerprint density at radius 1 is 1.47 bits per heavy atom. The highest BCUT2D eigenvalue weighted by molar-refractivity contribution is 5.98. The van der Waals surface area contributed by atoms with Crippen molar-refractivity contribution in [1.82, 2.24) is 5.43 Å². The summed E-state index contributed by atoms with van der Waals surface area (Å²) in [5, 5.41) is 1.49. The quantitative estimate of drug-likeness (QED) is 0.735. The van der Waals surface area contributed by atoms with Crippen molar-refractivity contribution in [1.29, 1.82) is 0 Å². The van der Waals surface area contributed by atoms with E-state index < -0.39 is 0 Å². The lowest BCUT2D eigenvalue weighted by atomic mass is 10.1. The van der Waals surface area contributed by atoms with Gasteiger partial charge in [0, 0.05) is 18.5 Å². The third-order valence-corrected chi connectivity index (χ3v) is 2.37. The molecule has 0 spiro atoms. The average molecular weight is 204 g/mol. The molecular weight excluding hydrogens is 192 g/mol. The number of benzene rings is 1. The van der Waals surface area contributed by atoms with Crippen molar-refractivity contribution in [2.24, 2.45) is 0 Å². The monoisotopic (exact) mass is 204 g/mol. The second-order valence-electron chi connectivity index (χ2n) is 3.49. The lowest BCUT2D eigenvalue weighted by Gasteiger charge is -2.15. The van der Waals surface area contributed by atoms with Gasteiger partial charge in [-0.15, -0.1) is 0 Å². The number of ketones is 1. The van der Waals surface area contributed by atoms with Crippen LogP contribution in [0.1, 0.15) is 23.7 Å². The third kappa shape index (κ3) is 1.89. The number of nitrogens with zero attached hydrogens (tertiary/aromatic N) is 1. The van der Waals surface area contributed by atoms with Crippen LogP contribution in [0.4, 0.5) is 5.69 Å². The fraction of sp³-hybridized carbons (Fsp3) is 0.273. The molecule has 2 rings (SSSR count). The van der Waals surface area contributed by atoms with E-state index in [9.17, 15) is 9.59 Å². The first-order valence-electron chi connectivity index (χ1n) is 4.86. The van der Waals surface area contributed by atoms with Crippen molar-refractivity contribution in [3.8, 4) is 0 Å². The van der Waals surface area contributed by atoms with Crippen molar-refractivity contribution >= 4 is 17.4 Å². The van der Waals surface area contributed by atoms with Gasteiger partial charge in [0.05, 0.1) is 5.69 Å². The molecule has 1 saturated heterocycles. The molecule has 15 heavy (non-hydrogen) atoms. The topological polar surface area (TPSA) is 49.4 Å². The van der Waals surface area contributed by atoms with E-state index in [1.54, 1.807) is 18.2 Å². The minimum absolute atomic E-state index is 0.00324. The third-order valence-electron chi connectivity index (χ3n) is 2.37. The van der Waals surface area contributed by atoms with Gasteiger partial charge >= 0.3 is 0 Å². The molecule has 1 aromatic carbocycles. The fourth-order valence-electron chi connectivity index (χ4n) is 1.57. The predicted molar refractivity (Wildman–Crippen MR) is 56.6 cm³/mol. The van der Waals surface area contributed by atoms with Crippen LogP contribution in [0.3, 0.4) is 0 Å². The standard InChI is InChI=1S/C11H12N2O2/c1-8(14)9-3-2-4-10(7-9)13-11(15)5-6-12-13/h2-4,7,12H,5-6H2,1H3. The van der Waals surface area contributed by atoms with Crippen molar-refractivity contribution in [2.45, 2.75) is 13.3 Å². The molecule has 0 bridgehead atoms. The van der Waals surface area contributed by atoms with Gasteiger partial charge in [0.1, 0.15) is 0 Å². The number of amides is 1. The zero-order valence-corrected chi connectivity index (χ0v) is 8.49. The molecule has 0 saturated carbocycles. The molecule has 1 fully saturated rings. The lowest BCUT2D eigenvalue weighted by Crippen LogP contribution is -2.34. The molecular formula is C11H12N2O2. The van der Waals surface area contributed by atoms with Gasteiger partial charge in [-0.1, -0.05) is 12.1 Å². The van der Waals surface area contributed by atoms with Gasteiger partial charge in [-0.3, -0.25) is 9.59 Å². The number of hydrazine groups is 1. The lowest BCUT2D eigenvalue weighted by molar-refractivity contribution is -0.117. The molecule has 1 heterocycles. The summed E-state index contributed by atoms with van der Waals surface area (Å²) in [6, 6.07) is 7.05. The van der Waals surface area contributed by atoms with Crippen LogP contribution in [0, 0.1) is 0 Å². The maximum atomic E-state index is 11.4. The average Bonchev–Trinajstić information content (AvgIpc) is 2.64. The second kappa shape index (κ2) is 3.82. The Hall–Kier alpha value is -1.68.